The van der Waals surface area contributed by atoms with E-state index in [0.29, 0.717) is 18.4 Å². The molecule has 0 unspecified atom stereocenters. The average molecular weight is 311 g/mol. The van der Waals surface area contributed by atoms with Crippen LogP contribution in [0.2, 0.25) is 0 Å². The second-order valence-corrected chi connectivity index (χ2v) is 6.01. The fourth-order valence-electron chi connectivity index (χ4n) is 2.60. The Bertz CT molecular complexity index is 425. The van der Waals surface area contributed by atoms with E-state index >= 15 is 0 Å². The zero-order chi connectivity index (χ0) is 14.4. The molecule has 1 aromatic rings. The van der Waals surface area contributed by atoms with E-state index in [4.69, 9.17) is 0 Å². The molecule has 2 rings (SSSR count). The molecule has 1 aliphatic rings. The lowest BCUT2D eigenvalue weighted by atomic mass is 10.00. The maximum absolute atomic E-state index is 11.9. The number of halogens is 1. The van der Waals surface area contributed by atoms with Crippen molar-refractivity contribution in [3.63, 3.8) is 0 Å². The zero-order valence-corrected chi connectivity index (χ0v) is 13.8. The van der Waals surface area contributed by atoms with E-state index in [-0.39, 0.29) is 18.3 Å². The Balaban J connectivity index is 0.00000220. The van der Waals surface area contributed by atoms with Gasteiger partial charge in [-0.15, -0.1) is 12.4 Å². The van der Waals surface area contributed by atoms with Crippen LogP contribution in [0.1, 0.15) is 50.2 Å². The third-order valence-corrected chi connectivity index (χ3v) is 3.95. The summed E-state index contributed by atoms with van der Waals surface area (Å²) in [5.41, 5.74) is 2.60. The van der Waals surface area contributed by atoms with E-state index in [0.717, 1.165) is 32.4 Å². The van der Waals surface area contributed by atoms with Crippen LogP contribution in [0.4, 0.5) is 0 Å². The number of hydrogen-bond acceptors (Lipinski definition) is 2. The molecule has 1 aromatic carbocycles. The van der Waals surface area contributed by atoms with Crippen LogP contribution in [-0.2, 0) is 11.2 Å². The van der Waals surface area contributed by atoms with Crippen molar-refractivity contribution in [3.8, 4) is 0 Å². The van der Waals surface area contributed by atoms with Crippen LogP contribution in [0.25, 0.3) is 0 Å². The van der Waals surface area contributed by atoms with Gasteiger partial charge < -0.3 is 10.6 Å². The Morgan fingerprint density at radius 1 is 1.33 bits per heavy atom. The summed E-state index contributed by atoms with van der Waals surface area (Å²) in [7, 11) is 0. The quantitative estimate of drug-likeness (QED) is 0.877. The second kappa shape index (κ2) is 9.06. The summed E-state index contributed by atoms with van der Waals surface area (Å²) in [6, 6.07) is 8.95. The second-order valence-electron chi connectivity index (χ2n) is 6.01. The summed E-state index contributed by atoms with van der Waals surface area (Å²) >= 11 is 0. The van der Waals surface area contributed by atoms with Gasteiger partial charge in [0.1, 0.15) is 0 Å². The first-order valence-electron chi connectivity index (χ1n) is 7.74. The number of carbonyl (C=O) groups excluding carboxylic acids is 1. The van der Waals surface area contributed by atoms with Gasteiger partial charge in [0.2, 0.25) is 5.91 Å². The molecule has 1 atom stereocenters. The molecule has 1 saturated heterocycles. The van der Waals surface area contributed by atoms with Gasteiger partial charge >= 0.3 is 0 Å². The number of benzene rings is 1. The Labute approximate surface area is 134 Å². The van der Waals surface area contributed by atoms with E-state index in [1.54, 1.807) is 0 Å². The van der Waals surface area contributed by atoms with Crippen LogP contribution < -0.4 is 10.6 Å². The molecule has 0 bridgehead atoms. The molecule has 0 spiro atoms. The molecule has 1 heterocycles. The summed E-state index contributed by atoms with van der Waals surface area (Å²) in [6.07, 6.45) is 3.66. The van der Waals surface area contributed by atoms with Gasteiger partial charge in [0.05, 0.1) is 0 Å². The van der Waals surface area contributed by atoms with Gasteiger partial charge in [0, 0.05) is 19.0 Å². The zero-order valence-electron chi connectivity index (χ0n) is 13.0. The van der Waals surface area contributed by atoms with Crippen molar-refractivity contribution in [1.82, 2.24) is 10.6 Å². The first kappa shape index (κ1) is 18.0. The third kappa shape index (κ3) is 6.06. The SMILES string of the molecule is CC(C)c1ccc(CCC(=O)N[C@H]2CCCNC2)cc1.Cl. The van der Waals surface area contributed by atoms with Crippen molar-refractivity contribution in [2.75, 3.05) is 13.1 Å². The maximum atomic E-state index is 11.9. The molecule has 118 valence electrons. The van der Waals surface area contributed by atoms with Crippen LogP contribution in [0, 0.1) is 0 Å². The molecule has 0 aliphatic carbocycles. The van der Waals surface area contributed by atoms with Crippen LogP contribution in [0.5, 0.6) is 0 Å². The largest absolute Gasteiger partial charge is 0.352 e. The Hall–Kier alpha value is -1.06. The van der Waals surface area contributed by atoms with E-state index in [1.807, 2.05) is 0 Å². The summed E-state index contributed by atoms with van der Waals surface area (Å²) in [6.45, 7) is 6.38. The Kier molecular flexibility index (Phi) is 7.76. The molecule has 2 N–H and O–H groups in total. The van der Waals surface area contributed by atoms with Gasteiger partial charge in [-0.1, -0.05) is 38.1 Å². The molecule has 0 aromatic heterocycles. The van der Waals surface area contributed by atoms with Gasteiger partial charge in [-0.05, 0) is 42.9 Å². The van der Waals surface area contributed by atoms with Crippen LogP contribution in [0.15, 0.2) is 24.3 Å². The van der Waals surface area contributed by atoms with Crippen molar-refractivity contribution >= 4 is 18.3 Å². The van der Waals surface area contributed by atoms with Crippen LogP contribution >= 0.6 is 12.4 Å². The Morgan fingerprint density at radius 2 is 2.05 bits per heavy atom. The molecule has 0 radical (unpaired) electrons. The standard InChI is InChI=1S/C17H26N2O.ClH/c1-13(2)15-8-5-14(6-9-15)7-10-17(20)19-16-4-3-11-18-12-16;/h5-6,8-9,13,16,18H,3-4,7,10-12H2,1-2H3,(H,19,20);1H/t16-;/m0./s1. The minimum Gasteiger partial charge on any atom is -0.352 e. The highest BCUT2D eigenvalue weighted by Gasteiger charge is 2.14. The monoisotopic (exact) mass is 310 g/mol. The topological polar surface area (TPSA) is 41.1 Å². The number of rotatable bonds is 5. The number of aryl methyl sites for hydroxylation is 1. The number of amides is 1. The smallest absolute Gasteiger partial charge is 0.220 e. The summed E-state index contributed by atoms with van der Waals surface area (Å²) in [5, 5.41) is 6.43. The van der Waals surface area contributed by atoms with E-state index < -0.39 is 0 Å². The summed E-state index contributed by atoms with van der Waals surface area (Å²) in [5.74, 6) is 0.734. The van der Waals surface area contributed by atoms with Crippen molar-refractivity contribution in [2.45, 2.75) is 51.5 Å². The number of carbonyl (C=O) groups is 1. The third-order valence-electron chi connectivity index (χ3n) is 3.95. The molecular weight excluding hydrogens is 284 g/mol. The van der Waals surface area contributed by atoms with Gasteiger partial charge in [-0.3, -0.25) is 4.79 Å². The van der Waals surface area contributed by atoms with Crippen molar-refractivity contribution in [3.05, 3.63) is 35.4 Å². The summed E-state index contributed by atoms with van der Waals surface area (Å²) < 4.78 is 0. The van der Waals surface area contributed by atoms with Crippen molar-refractivity contribution < 1.29 is 4.79 Å². The van der Waals surface area contributed by atoms with E-state index in [2.05, 4.69) is 48.7 Å². The van der Waals surface area contributed by atoms with Crippen LogP contribution in [0.3, 0.4) is 0 Å². The number of hydrogen-bond donors (Lipinski definition) is 2. The predicted octanol–water partition coefficient (Wildman–Crippen LogP) is 3.03. The van der Waals surface area contributed by atoms with Crippen molar-refractivity contribution in [2.24, 2.45) is 0 Å². The normalized spacial score (nSPS) is 18.1. The average Bonchev–Trinajstić information content (AvgIpc) is 2.46. The molecule has 4 heteroatoms. The van der Waals surface area contributed by atoms with Gasteiger partial charge in [0.15, 0.2) is 0 Å². The fourth-order valence-corrected chi connectivity index (χ4v) is 2.60. The van der Waals surface area contributed by atoms with E-state index in [1.165, 1.54) is 11.1 Å². The predicted molar refractivity (Wildman–Crippen MR) is 90.1 cm³/mol. The molecule has 3 nitrogen and oxygen atoms in total. The maximum Gasteiger partial charge on any atom is 0.220 e. The van der Waals surface area contributed by atoms with Crippen molar-refractivity contribution in [1.29, 1.82) is 0 Å². The highest BCUT2D eigenvalue weighted by atomic mass is 35.5. The molecule has 1 aliphatic heterocycles. The number of piperidine rings is 1. The highest BCUT2D eigenvalue weighted by Crippen LogP contribution is 2.15. The first-order valence-corrected chi connectivity index (χ1v) is 7.74. The van der Waals surface area contributed by atoms with Gasteiger partial charge in [-0.2, -0.15) is 0 Å². The molecule has 1 amide bonds. The lowest BCUT2D eigenvalue weighted by Crippen LogP contribution is -2.45. The molecule has 21 heavy (non-hydrogen) atoms. The number of nitrogens with one attached hydrogen (secondary N) is 2. The first-order chi connectivity index (χ1) is 9.65. The lowest BCUT2D eigenvalue weighted by molar-refractivity contribution is -0.121. The van der Waals surface area contributed by atoms with E-state index in [9.17, 15) is 4.79 Å². The summed E-state index contributed by atoms with van der Waals surface area (Å²) in [4.78, 5) is 11.9. The molecular formula is C17H27ClN2O. The Morgan fingerprint density at radius 3 is 2.62 bits per heavy atom. The minimum absolute atomic E-state index is 0. The minimum atomic E-state index is 0. The van der Waals surface area contributed by atoms with Gasteiger partial charge in [0.25, 0.3) is 0 Å². The lowest BCUT2D eigenvalue weighted by Gasteiger charge is -2.23. The molecule has 1 fully saturated rings. The van der Waals surface area contributed by atoms with Crippen LogP contribution in [-0.4, -0.2) is 25.0 Å². The highest BCUT2D eigenvalue weighted by molar-refractivity contribution is 5.85. The van der Waals surface area contributed by atoms with Gasteiger partial charge in [-0.25, -0.2) is 0 Å². The molecule has 0 saturated carbocycles. The fraction of sp³-hybridized carbons (Fsp3) is 0.588.